The third kappa shape index (κ3) is 4.02. The predicted octanol–water partition coefficient (Wildman–Crippen LogP) is 1.78. The van der Waals surface area contributed by atoms with Gasteiger partial charge in [0, 0.05) is 24.7 Å². The van der Waals surface area contributed by atoms with E-state index >= 15 is 0 Å². The number of nitro benzene ring substituents is 1. The van der Waals surface area contributed by atoms with E-state index in [2.05, 4.69) is 4.72 Å². The molecule has 1 aromatic carbocycles. The van der Waals surface area contributed by atoms with Crippen molar-refractivity contribution in [1.82, 2.24) is 4.72 Å². The van der Waals surface area contributed by atoms with E-state index in [-0.39, 0.29) is 29.1 Å². The van der Waals surface area contributed by atoms with E-state index in [1.54, 1.807) is 0 Å². The average Bonchev–Trinajstić information content (AvgIpc) is 2.53. The Labute approximate surface area is 130 Å². The molecule has 2 rings (SSSR count). The van der Waals surface area contributed by atoms with Crippen molar-refractivity contribution in [1.29, 1.82) is 0 Å². The first-order valence-corrected chi connectivity index (χ1v) is 8.89. The lowest BCUT2D eigenvalue weighted by Gasteiger charge is -2.29. The minimum Gasteiger partial charge on any atom is -0.329 e. The molecule has 1 aliphatic carbocycles. The summed E-state index contributed by atoms with van der Waals surface area (Å²) in [4.78, 5) is 10.1. The van der Waals surface area contributed by atoms with E-state index in [4.69, 9.17) is 5.73 Å². The van der Waals surface area contributed by atoms with Gasteiger partial charge in [0.25, 0.3) is 5.69 Å². The molecular formula is C14H21N3O4S. The summed E-state index contributed by atoms with van der Waals surface area (Å²) >= 11 is 0. The molecule has 0 bridgehead atoms. The molecule has 7 nitrogen and oxygen atoms in total. The van der Waals surface area contributed by atoms with Crippen molar-refractivity contribution < 1.29 is 13.3 Å². The number of non-ortho nitro benzene ring substituents is 1. The lowest BCUT2D eigenvalue weighted by atomic mass is 9.84. The van der Waals surface area contributed by atoms with Crippen LogP contribution in [-0.4, -0.2) is 25.9 Å². The van der Waals surface area contributed by atoms with E-state index in [1.165, 1.54) is 30.7 Å². The van der Waals surface area contributed by atoms with Crippen molar-refractivity contribution in [2.75, 3.05) is 6.54 Å². The number of nitrogens with zero attached hydrogens (tertiary/aromatic N) is 1. The van der Waals surface area contributed by atoms with Crippen molar-refractivity contribution in [3.8, 4) is 0 Å². The number of nitro groups is 1. The van der Waals surface area contributed by atoms with Gasteiger partial charge in [0.15, 0.2) is 0 Å². The van der Waals surface area contributed by atoms with Crippen molar-refractivity contribution in [3.05, 3.63) is 34.4 Å². The zero-order valence-corrected chi connectivity index (χ0v) is 13.1. The highest BCUT2D eigenvalue weighted by molar-refractivity contribution is 7.89. The van der Waals surface area contributed by atoms with Crippen LogP contribution in [0.1, 0.15) is 32.1 Å². The topological polar surface area (TPSA) is 115 Å². The molecule has 1 fully saturated rings. The van der Waals surface area contributed by atoms with Gasteiger partial charge in [0.1, 0.15) is 0 Å². The SMILES string of the molecule is NC[C@H](NS(=O)(=O)c1ccc([N+](=O)[O-])cc1)C1CCCCC1. The maximum absolute atomic E-state index is 12.4. The van der Waals surface area contributed by atoms with Crippen LogP contribution in [0, 0.1) is 16.0 Å². The molecule has 0 radical (unpaired) electrons. The second kappa shape index (κ2) is 7.17. The van der Waals surface area contributed by atoms with E-state index in [0.29, 0.717) is 0 Å². The quantitative estimate of drug-likeness (QED) is 0.610. The van der Waals surface area contributed by atoms with Gasteiger partial charge in [0.05, 0.1) is 9.82 Å². The lowest BCUT2D eigenvalue weighted by Crippen LogP contribution is -2.45. The molecule has 1 saturated carbocycles. The second-order valence-electron chi connectivity index (χ2n) is 5.61. The Morgan fingerprint density at radius 1 is 1.23 bits per heavy atom. The summed E-state index contributed by atoms with van der Waals surface area (Å²) in [6, 6.07) is 4.57. The van der Waals surface area contributed by atoms with E-state index in [1.807, 2.05) is 0 Å². The van der Waals surface area contributed by atoms with Crippen LogP contribution in [0.4, 0.5) is 5.69 Å². The number of benzene rings is 1. The van der Waals surface area contributed by atoms with Gasteiger partial charge >= 0.3 is 0 Å². The maximum atomic E-state index is 12.4. The molecule has 0 amide bonds. The van der Waals surface area contributed by atoms with Gasteiger partial charge in [-0.25, -0.2) is 13.1 Å². The van der Waals surface area contributed by atoms with Gasteiger partial charge in [-0.15, -0.1) is 0 Å². The normalized spacial score (nSPS) is 18.0. The second-order valence-corrected chi connectivity index (χ2v) is 7.33. The molecule has 22 heavy (non-hydrogen) atoms. The highest BCUT2D eigenvalue weighted by Crippen LogP contribution is 2.27. The minimum absolute atomic E-state index is 0.0207. The van der Waals surface area contributed by atoms with Gasteiger partial charge in [-0.1, -0.05) is 19.3 Å². The highest BCUT2D eigenvalue weighted by atomic mass is 32.2. The van der Waals surface area contributed by atoms with Gasteiger partial charge in [-0.3, -0.25) is 10.1 Å². The number of rotatable bonds is 6. The molecule has 3 N–H and O–H groups in total. The largest absolute Gasteiger partial charge is 0.329 e. The Bertz CT molecular complexity index is 609. The first-order valence-electron chi connectivity index (χ1n) is 7.41. The van der Waals surface area contributed by atoms with Crippen LogP contribution < -0.4 is 10.5 Å². The maximum Gasteiger partial charge on any atom is 0.269 e. The molecule has 0 spiro atoms. The van der Waals surface area contributed by atoms with Crippen molar-refractivity contribution >= 4 is 15.7 Å². The molecular weight excluding hydrogens is 306 g/mol. The number of nitrogens with two attached hydrogens (primary N) is 1. The fraction of sp³-hybridized carbons (Fsp3) is 0.571. The highest BCUT2D eigenvalue weighted by Gasteiger charge is 2.27. The average molecular weight is 327 g/mol. The van der Waals surface area contributed by atoms with Crippen LogP contribution >= 0.6 is 0 Å². The minimum atomic E-state index is -3.72. The van der Waals surface area contributed by atoms with Crippen LogP contribution in [0.5, 0.6) is 0 Å². The van der Waals surface area contributed by atoms with Crippen molar-refractivity contribution in [3.63, 3.8) is 0 Å². The fourth-order valence-electron chi connectivity index (χ4n) is 2.89. The predicted molar refractivity (Wildman–Crippen MR) is 82.8 cm³/mol. The monoisotopic (exact) mass is 327 g/mol. The summed E-state index contributed by atoms with van der Waals surface area (Å²) in [5.74, 6) is 0.256. The van der Waals surface area contributed by atoms with Crippen LogP contribution in [0.15, 0.2) is 29.2 Å². The summed E-state index contributed by atoms with van der Waals surface area (Å²) in [7, 11) is -3.72. The summed E-state index contributed by atoms with van der Waals surface area (Å²) in [6.07, 6.45) is 5.33. The Morgan fingerprint density at radius 3 is 2.32 bits per heavy atom. The van der Waals surface area contributed by atoms with E-state index < -0.39 is 14.9 Å². The summed E-state index contributed by atoms with van der Waals surface area (Å²) in [5.41, 5.74) is 5.60. The summed E-state index contributed by atoms with van der Waals surface area (Å²) in [5, 5.41) is 10.6. The van der Waals surface area contributed by atoms with Crippen LogP contribution in [0.3, 0.4) is 0 Å². The van der Waals surface area contributed by atoms with Gasteiger partial charge in [-0.05, 0) is 30.9 Å². The molecule has 8 heteroatoms. The third-order valence-electron chi connectivity index (χ3n) is 4.14. The molecule has 0 heterocycles. The lowest BCUT2D eigenvalue weighted by molar-refractivity contribution is -0.384. The fourth-order valence-corrected chi connectivity index (χ4v) is 4.21. The Kier molecular flexibility index (Phi) is 5.49. The molecule has 0 saturated heterocycles. The van der Waals surface area contributed by atoms with Gasteiger partial charge in [0.2, 0.25) is 10.0 Å². The third-order valence-corrected chi connectivity index (χ3v) is 5.64. The van der Waals surface area contributed by atoms with Crippen LogP contribution in [0.25, 0.3) is 0 Å². The zero-order chi connectivity index (χ0) is 16.2. The first kappa shape index (κ1) is 16.9. The molecule has 0 unspecified atom stereocenters. The number of sulfonamides is 1. The smallest absolute Gasteiger partial charge is 0.269 e. The molecule has 1 aromatic rings. The van der Waals surface area contributed by atoms with Gasteiger partial charge in [-0.2, -0.15) is 0 Å². The summed E-state index contributed by atoms with van der Waals surface area (Å²) < 4.78 is 27.4. The Morgan fingerprint density at radius 2 is 1.82 bits per heavy atom. The Hall–Kier alpha value is -1.51. The zero-order valence-electron chi connectivity index (χ0n) is 12.3. The van der Waals surface area contributed by atoms with E-state index in [0.717, 1.165) is 25.7 Å². The number of hydrogen-bond donors (Lipinski definition) is 2. The van der Waals surface area contributed by atoms with Crippen molar-refractivity contribution in [2.45, 2.75) is 43.0 Å². The van der Waals surface area contributed by atoms with Crippen LogP contribution in [0.2, 0.25) is 0 Å². The Balaban J connectivity index is 2.12. The molecule has 1 aliphatic rings. The molecule has 122 valence electrons. The number of hydrogen-bond acceptors (Lipinski definition) is 5. The molecule has 0 aliphatic heterocycles. The number of nitrogens with one attached hydrogen (secondary N) is 1. The standard InChI is InChI=1S/C14H21N3O4S/c15-10-14(11-4-2-1-3-5-11)16-22(20,21)13-8-6-12(7-9-13)17(18)19/h6-9,11,14,16H,1-5,10,15H2/t14-/m0/s1. The van der Waals surface area contributed by atoms with Gasteiger partial charge < -0.3 is 5.73 Å². The summed E-state index contributed by atoms with van der Waals surface area (Å²) in [6.45, 7) is 0.247. The molecule has 1 atom stereocenters. The van der Waals surface area contributed by atoms with Crippen molar-refractivity contribution in [2.24, 2.45) is 11.7 Å². The first-order chi connectivity index (χ1) is 10.4. The van der Waals surface area contributed by atoms with E-state index in [9.17, 15) is 18.5 Å². The molecule has 0 aromatic heterocycles. The van der Waals surface area contributed by atoms with Crippen LogP contribution in [-0.2, 0) is 10.0 Å².